The first-order chi connectivity index (χ1) is 8.70. The molecule has 2 atom stereocenters. The van der Waals surface area contributed by atoms with E-state index >= 15 is 0 Å². The summed E-state index contributed by atoms with van der Waals surface area (Å²) in [5.74, 6) is 2.61. The van der Waals surface area contributed by atoms with E-state index in [1.54, 1.807) is 13.0 Å². The predicted molar refractivity (Wildman–Crippen MR) is 66.2 cm³/mol. The van der Waals surface area contributed by atoms with Crippen LogP contribution in [-0.4, -0.2) is 48.7 Å². The van der Waals surface area contributed by atoms with Crippen molar-refractivity contribution >= 4 is 11.7 Å². The number of carbonyl (C=O) groups is 1. The van der Waals surface area contributed by atoms with Crippen LogP contribution in [0, 0.1) is 18.8 Å². The van der Waals surface area contributed by atoms with Crippen molar-refractivity contribution in [3.63, 3.8) is 0 Å². The lowest BCUT2D eigenvalue weighted by Gasteiger charge is -2.15. The molecule has 0 aromatic carbocycles. The normalized spacial score (nSPS) is 27.4. The van der Waals surface area contributed by atoms with Gasteiger partial charge < -0.3 is 15.2 Å². The zero-order valence-electron chi connectivity index (χ0n) is 10.5. The summed E-state index contributed by atoms with van der Waals surface area (Å²) in [6, 6.07) is 1.72. The maximum atomic E-state index is 11.8. The molecule has 98 valence electrons. The Morgan fingerprint density at radius 2 is 2.28 bits per heavy atom. The van der Waals surface area contributed by atoms with Crippen molar-refractivity contribution < 1.29 is 9.32 Å². The van der Waals surface area contributed by atoms with Gasteiger partial charge in [0.1, 0.15) is 5.76 Å². The fraction of sp³-hybridized carbons (Fsp3) is 0.667. The second-order valence-corrected chi connectivity index (χ2v) is 5.24. The number of anilines is 1. The number of fused-ring (bicyclic) bond motifs is 1. The molecule has 2 N–H and O–H groups in total. The highest BCUT2D eigenvalue weighted by atomic mass is 16.5. The molecule has 0 radical (unpaired) electrons. The summed E-state index contributed by atoms with van der Waals surface area (Å²) >= 11 is 0. The Bertz CT molecular complexity index is 433. The number of hydrogen-bond donors (Lipinski definition) is 2. The number of likely N-dealkylation sites (tertiary alicyclic amines) is 1. The van der Waals surface area contributed by atoms with Gasteiger partial charge in [0.05, 0.1) is 6.54 Å². The number of nitrogens with one attached hydrogen (secondary N) is 2. The molecule has 1 aromatic heterocycles. The van der Waals surface area contributed by atoms with Crippen LogP contribution < -0.4 is 10.6 Å². The molecule has 3 heterocycles. The quantitative estimate of drug-likeness (QED) is 0.794. The van der Waals surface area contributed by atoms with E-state index in [1.807, 2.05) is 0 Å². The fourth-order valence-electron chi connectivity index (χ4n) is 2.89. The molecule has 0 aliphatic carbocycles. The Morgan fingerprint density at radius 1 is 1.56 bits per heavy atom. The van der Waals surface area contributed by atoms with Gasteiger partial charge in [-0.15, -0.1) is 0 Å². The highest BCUT2D eigenvalue weighted by molar-refractivity contribution is 5.91. The zero-order chi connectivity index (χ0) is 12.5. The highest BCUT2D eigenvalue weighted by Gasteiger charge is 2.36. The van der Waals surface area contributed by atoms with Crippen molar-refractivity contribution in [3.05, 3.63) is 11.8 Å². The highest BCUT2D eigenvalue weighted by Crippen LogP contribution is 2.25. The van der Waals surface area contributed by atoms with E-state index in [0.29, 0.717) is 30.0 Å². The fourth-order valence-corrected chi connectivity index (χ4v) is 2.89. The molecule has 6 nitrogen and oxygen atoms in total. The van der Waals surface area contributed by atoms with Crippen LogP contribution in [-0.2, 0) is 4.79 Å². The van der Waals surface area contributed by atoms with Crippen LogP contribution in [0.5, 0.6) is 0 Å². The Labute approximate surface area is 106 Å². The average Bonchev–Trinajstić information content (AvgIpc) is 2.94. The van der Waals surface area contributed by atoms with Gasteiger partial charge in [0, 0.05) is 19.2 Å². The minimum absolute atomic E-state index is 0.0174. The number of carbonyl (C=O) groups excluding carboxylic acids is 1. The molecule has 1 amide bonds. The standard InChI is InChI=1S/C12H18N4O2/c1-8-2-11(15-18-8)14-12(17)7-16-5-9-3-13-4-10(9)6-16/h2,9-10,13H,3-7H2,1H3,(H,14,15,17). The van der Waals surface area contributed by atoms with Crippen LogP contribution in [0.3, 0.4) is 0 Å². The van der Waals surface area contributed by atoms with Gasteiger partial charge in [-0.25, -0.2) is 0 Å². The molecule has 2 saturated heterocycles. The summed E-state index contributed by atoms with van der Waals surface area (Å²) in [5, 5.41) is 9.90. The maximum Gasteiger partial charge on any atom is 0.239 e. The predicted octanol–water partition coefficient (Wildman–Crippen LogP) is 0.0727. The first-order valence-electron chi connectivity index (χ1n) is 6.37. The van der Waals surface area contributed by atoms with Crippen molar-refractivity contribution in [1.82, 2.24) is 15.4 Å². The number of hydrogen-bond acceptors (Lipinski definition) is 5. The largest absolute Gasteiger partial charge is 0.360 e. The van der Waals surface area contributed by atoms with Crippen molar-refractivity contribution in [2.24, 2.45) is 11.8 Å². The molecular formula is C12H18N4O2. The lowest BCUT2D eigenvalue weighted by molar-refractivity contribution is -0.117. The first-order valence-corrected chi connectivity index (χ1v) is 6.37. The second kappa shape index (κ2) is 4.70. The van der Waals surface area contributed by atoms with Crippen LogP contribution in [0.2, 0.25) is 0 Å². The van der Waals surface area contributed by atoms with Gasteiger partial charge >= 0.3 is 0 Å². The SMILES string of the molecule is Cc1cc(NC(=O)CN2CC3CNCC3C2)no1. The van der Waals surface area contributed by atoms with Gasteiger partial charge in [-0.05, 0) is 31.8 Å². The molecule has 2 aliphatic heterocycles. The average molecular weight is 250 g/mol. The molecule has 6 heteroatoms. The van der Waals surface area contributed by atoms with Crippen LogP contribution >= 0.6 is 0 Å². The molecule has 2 fully saturated rings. The minimum Gasteiger partial charge on any atom is -0.360 e. The van der Waals surface area contributed by atoms with Crippen molar-refractivity contribution in [2.45, 2.75) is 6.92 Å². The molecule has 2 aliphatic rings. The third kappa shape index (κ3) is 2.39. The van der Waals surface area contributed by atoms with Crippen molar-refractivity contribution in [1.29, 1.82) is 0 Å². The van der Waals surface area contributed by atoms with Gasteiger partial charge in [-0.2, -0.15) is 0 Å². The molecule has 18 heavy (non-hydrogen) atoms. The summed E-state index contributed by atoms with van der Waals surface area (Å²) in [7, 11) is 0. The van der Waals surface area contributed by atoms with Gasteiger partial charge in [-0.1, -0.05) is 5.16 Å². The number of aryl methyl sites for hydroxylation is 1. The van der Waals surface area contributed by atoms with E-state index in [9.17, 15) is 4.79 Å². The van der Waals surface area contributed by atoms with E-state index < -0.39 is 0 Å². The van der Waals surface area contributed by atoms with E-state index in [0.717, 1.165) is 26.2 Å². The molecule has 1 aromatic rings. The summed E-state index contributed by atoms with van der Waals surface area (Å²) in [5.41, 5.74) is 0. The third-order valence-electron chi connectivity index (χ3n) is 3.73. The van der Waals surface area contributed by atoms with E-state index in [-0.39, 0.29) is 5.91 Å². The zero-order valence-corrected chi connectivity index (χ0v) is 10.5. The lowest BCUT2D eigenvalue weighted by Crippen LogP contribution is -2.33. The van der Waals surface area contributed by atoms with Gasteiger partial charge in [0.25, 0.3) is 0 Å². The number of aromatic nitrogens is 1. The number of amides is 1. The van der Waals surface area contributed by atoms with Crippen LogP contribution in [0.4, 0.5) is 5.82 Å². The maximum absolute atomic E-state index is 11.8. The Balaban J connectivity index is 1.50. The topological polar surface area (TPSA) is 70.4 Å². The van der Waals surface area contributed by atoms with Gasteiger partial charge in [-0.3, -0.25) is 9.69 Å². The summed E-state index contributed by atoms with van der Waals surface area (Å²) in [4.78, 5) is 14.1. The molecule has 0 saturated carbocycles. The van der Waals surface area contributed by atoms with Crippen molar-refractivity contribution in [2.75, 3.05) is 38.0 Å². The Hall–Kier alpha value is -1.40. The van der Waals surface area contributed by atoms with Gasteiger partial charge in [0.2, 0.25) is 5.91 Å². The lowest BCUT2D eigenvalue weighted by atomic mass is 10.0. The van der Waals surface area contributed by atoms with E-state index in [2.05, 4.69) is 20.7 Å². The van der Waals surface area contributed by atoms with Crippen LogP contribution in [0.25, 0.3) is 0 Å². The molecule has 0 bridgehead atoms. The monoisotopic (exact) mass is 250 g/mol. The van der Waals surface area contributed by atoms with Crippen LogP contribution in [0.15, 0.2) is 10.6 Å². The van der Waals surface area contributed by atoms with Gasteiger partial charge in [0.15, 0.2) is 5.82 Å². The van der Waals surface area contributed by atoms with Crippen LogP contribution in [0.1, 0.15) is 5.76 Å². The first kappa shape index (κ1) is 11.7. The Kier molecular flexibility index (Phi) is 3.05. The second-order valence-electron chi connectivity index (χ2n) is 5.24. The van der Waals surface area contributed by atoms with Crippen molar-refractivity contribution in [3.8, 4) is 0 Å². The third-order valence-corrected chi connectivity index (χ3v) is 3.73. The summed E-state index contributed by atoms with van der Waals surface area (Å²) in [6.45, 7) is 6.46. The molecule has 3 rings (SSSR count). The molecule has 2 unspecified atom stereocenters. The van der Waals surface area contributed by atoms with E-state index in [4.69, 9.17) is 4.52 Å². The number of rotatable bonds is 3. The minimum atomic E-state index is -0.0174. The molecular weight excluding hydrogens is 232 g/mol. The van der Waals surface area contributed by atoms with E-state index in [1.165, 1.54) is 0 Å². The Morgan fingerprint density at radius 3 is 2.89 bits per heavy atom. The molecule has 0 spiro atoms. The smallest absolute Gasteiger partial charge is 0.239 e. The number of nitrogens with zero attached hydrogens (tertiary/aromatic N) is 2. The summed E-state index contributed by atoms with van der Waals surface area (Å²) < 4.78 is 4.91. The summed E-state index contributed by atoms with van der Waals surface area (Å²) in [6.07, 6.45) is 0.